The summed E-state index contributed by atoms with van der Waals surface area (Å²) in [6.07, 6.45) is 8.34. The van der Waals surface area contributed by atoms with E-state index in [4.69, 9.17) is 0 Å². The molecule has 0 radical (unpaired) electrons. The molecule has 96 valence electrons. The van der Waals surface area contributed by atoms with Crippen molar-refractivity contribution in [2.24, 2.45) is 0 Å². The fourth-order valence-corrected chi connectivity index (χ4v) is 4.58. The monoisotopic (exact) mass is 278 g/mol. The van der Waals surface area contributed by atoms with Crippen molar-refractivity contribution in [2.45, 2.75) is 38.1 Å². The Morgan fingerprint density at radius 3 is 3.00 bits per heavy atom. The summed E-state index contributed by atoms with van der Waals surface area (Å²) in [5.74, 6) is 0. The molecule has 2 nitrogen and oxygen atoms in total. The SMILES string of the molecule is CNC(Cc1cncs1)c1cc2c(s1)CCCC2. The minimum atomic E-state index is 0.445. The molecule has 0 amide bonds. The number of nitrogens with one attached hydrogen (secondary N) is 1. The molecule has 4 heteroatoms. The Morgan fingerprint density at radius 1 is 1.39 bits per heavy atom. The van der Waals surface area contributed by atoms with Crippen molar-refractivity contribution in [1.82, 2.24) is 10.3 Å². The highest BCUT2D eigenvalue weighted by atomic mass is 32.1. The number of rotatable bonds is 4. The maximum atomic E-state index is 4.16. The summed E-state index contributed by atoms with van der Waals surface area (Å²) >= 11 is 3.76. The van der Waals surface area contributed by atoms with Gasteiger partial charge < -0.3 is 5.32 Å². The van der Waals surface area contributed by atoms with Gasteiger partial charge in [0.1, 0.15) is 0 Å². The highest BCUT2D eigenvalue weighted by Gasteiger charge is 2.18. The lowest BCUT2D eigenvalue weighted by atomic mass is 9.98. The summed E-state index contributed by atoms with van der Waals surface area (Å²) in [5.41, 5.74) is 3.52. The molecule has 0 saturated carbocycles. The molecular formula is C14H18N2S2. The Labute approximate surface area is 116 Å². The van der Waals surface area contributed by atoms with E-state index in [0.29, 0.717) is 6.04 Å². The molecule has 0 saturated heterocycles. The topological polar surface area (TPSA) is 24.9 Å². The van der Waals surface area contributed by atoms with Gasteiger partial charge in [-0.2, -0.15) is 0 Å². The van der Waals surface area contributed by atoms with Crippen LogP contribution in [0.5, 0.6) is 0 Å². The van der Waals surface area contributed by atoms with Crippen LogP contribution in [0, 0.1) is 0 Å². The second-order valence-corrected chi connectivity index (χ2v) is 6.96. The second kappa shape index (κ2) is 5.51. The van der Waals surface area contributed by atoms with Crippen LogP contribution in [-0.4, -0.2) is 12.0 Å². The van der Waals surface area contributed by atoms with Gasteiger partial charge in [0, 0.05) is 33.3 Å². The molecule has 1 atom stereocenters. The molecule has 2 aromatic heterocycles. The van der Waals surface area contributed by atoms with E-state index in [2.05, 4.69) is 23.4 Å². The zero-order valence-corrected chi connectivity index (χ0v) is 12.2. The third kappa shape index (κ3) is 2.51. The molecule has 2 heterocycles. The average molecular weight is 278 g/mol. The zero-order chi connectivity index (χ0) is 12.4. The highest BCUT2D eigenvalue weighted by molar-refractivity contribution is 7.12. The Bertz CT molecular complexity index is 478. The minimum Gasteiger partial charge on any atom is -0.312 e. The Hall–Kier alpha value is -0.710. The molecule has 2 aromatic rings. The van der Waals surface area contributed by atoms with Gasteiger partial charge in [0.25, 0.3) is 0 Å². The molecule has 3 rings (SSSR count). The van der Waals surface area contributed by atoms with Crippen molar-refractivity contribution in [1.29, 1.82) is 0 Å². The Kier molecular flexibility index (Phi) is 3.77. The van der Waals surface area contributed by atoms with Gasteiger partial charge in [-0.25, -0.2) is 0 Å². The fourth-order valence-electron chi connectivity index (χ4n) is 2.57. The maximum absolute atomic E-state index is 4.16. The lowest BCUT2D eigenvalue weighted by Crippen LogP contribution is -2.17. The first-order valence-electron chi connectivity index (χ1n) is 6.53. The normalized spacial score (nSPS) is 16.5. The lowest BCUT2D eigenvalue weighted by Gasteiger charge is -2.12. The molecule has 0 bridgehead atoms. The third-order valence-electron chi connectivity index (χ3n) is 3.60. The zero-order valence-electron chi connectivity index (χ0n) is 10.6. The van der Waals surface area contributed by atoms with Crippen LogP contribution in [-0.2, 0) is 19.3 Å². The molecule has 1 N–H and O–H groups in total. The van der Waals surface area contributed by atoms with Gasteiger partial charge in [0.05, 0.1) is 5.51 Å². The van der Waals surface area contributed by atoms with Crippen molar-refractivity contribution in [3.63, 3.8) is 0 Å². The van der Waals surface area contributed by atoms with E-state index in [0.717, 1.165) is 6.42 Å². The van der Waals surface area contributed by atoms with Crippen LogP contribution in [0.4, 0.5) is 0 Å². The van der Waals surface area contributed by atoms with E-state index in [1.165, 1.54) is 35.4 Å². The van der Waals surface area contributed by atoms with Gasteiger partial charge in [-0.1, -0.05) is 0 Å². The quantitative estimate of drug-likeness (QED) is 0.924. The van der Waals surface area contributed by atoms with E-state index in [1.807, 2.05) is 23.0 Å². The minimum absolute atomic E-state index is 0.445. The molecule has 18 heavy (non-hydrogen) atoms. The summed E-state index contributed by atoms with van der Waals surface area (Å²) in [5, 5.41) is 3.46. The van der Waals surface area contributed by atoms with Crippen LogP contribution in [0.3, 0.4) is 0 Å². The summed E-state index contributed by atoms with van der Waals surface area (Å²) in [4.78, 5) is 8.65. The van der Waals surface area contributed by atoms with Crippen LogP contribution in [0.15, 0.2) is 17.8 Å². The van der Waals surface area contributed by atoms with E-state index in [-0.39, 0.29) is 0 Å². The van der Waals surface area contributed by atoms with Crippen molar-refractivity contribution in [3.8, 4) is 0 Å². The number of aromatic nitrogens is 1. The first-order valence-corrected chi connectivity index (χ1v) is 8.22. The van der Waals surface area contributed by atoms with Crippen LogP contribution >= 0.6 is 22.7 Å². The number of aryl methyl sites for hydroxylation is 2. The largest absolute Gasteiger partial charge is 0.312 e. The molecule has 0 aliphatic heterocycles. The summed E-state index contributed by atoms with van der Waals surface area (Å²) in [6.45, 7) is 0. The summed E-state index contributed by atoms with van der Waals surface area (Å²) < 4.78 is 0. The van der Waals surface area contributed by atoms with Crippen molar-refractivity contribution in [2.75, 3.05) is 7.05 Å². The standard InChI is InChI=1S/C14H18N2S2/c1-15-12(7-11-8-16-9-17-11)14-6-10-4-2-3-5-13(10)18-14/h6,8-9,12,15H,2-5,7H2,1H3. The lowest BCUT2D eigenvalue weighted by molar-refractivity contribution is 0.605. The number of hydrogen-bond donors (Lipinski definition) is 1. The van der Waals surface area contributed by atoms with Crippen molar-refractivity contribution >= 4 is 22.7 Å². The highest BCUT2D eigenvalue weighted by Crippen LogP contribution is 2.34. The summed E-state index contributed by atoms with van der Waals surface area (Å²) in [6, 6.07) is 2.88. The van der Waals surface area contributed by atoms with Gasteiger partial charge in [-0.3, -0.25) is 4.98 Å². The number of likely N-dealkylation sites (N-methyl/N-ethyl adjacent to an activating group) is 1. The van der Waals surface area contributed by atoms with E-state index in [9.17, 15) is 0 Å². The first kappa shape index (κ1) is 12.3. The maximum Gasteiger partial charge on any atom is 0.0794 e. The van der Waals surface area contributed by atoms with E-state index in [1.54, 1.807) is 21.8 Å². The van der Waals surface area contributed by atoms with Crippen LogP contribution < -0.4 is 5.32 Å². The van der Waals surface area contributed by atoms with Gasteiger partial charge in [-0.15, -0.1) is 22.7 Å². The van der Waals surface area contributed by atoms with E-state index >= 15 is 0 Å². The summed E-state index contributed by atoms with van der Waals surface area (Å²) in [7, 11) is 2.06. The number of thiazole rings is 1. The predicted octanol–water partition coefficient (Wildman–Crippen LogP) is 3.59. The van der Waals surface area contributed by atoms with Gasteiger partial charge in [0.15, 0.2) is 0 Å². The molecule has 0 fully saturated rings. The molecule has 1 aliphatic rings. The Morgan fingerprint density at radius 2 is 2.28 bits per heavy atom. The number of nitrogens with zero attached hydrogens (tertiary/aromatic N) is 1. The second-order valence-electron chi connectivity index (χ2n) is 4.82. The smallest absolute Gasteiger partial charge is 0.0794 e. The number of fused-ring (bicyclic) bond motifs is 1. The molecular weight excluding hydrogens is 260 g/mol. The van der Waals surface area contributed by atoms with Crippen LogP contribution in [0.1, 0.15) is 39.1 Å². The van der Waals surface area contributed by atoms with Crippen LogP contribution in [0.25, 0.3) is 0 Å². The number of hydrogen-bond acceptors (Lipinski definition) is 4. The molecule has 1 unspecified atom stereocenters. The van der Waals surface area contributed by atoms with Gasteiger partial charge >= 0.3 is 0 Å². The molecule has 0 spiro atoms. The average Bonchev–Trinajstić information content (AvgIpc) is 3.04. The van der Waals surface area contributed by atoms with Crippen molar-refractivity contribution < 1.29 is 0 Å². The predicted molar refractivity (Wildman–Crippen MR) is 78.6 cm³/mol. The third-order valence-corrected chi connectivity index (χ3v) is 5.75. The fraction of sp³-hybridized carbons (Fsp3) is 0.500. The number of thiophene rings is 1. The Balaban J connectivity index is 1.80. The molecule has 0 aromatic carbocycles. The van der Waals surface area contributed by atoms with Gasteiger partial charge in [0.2, 0.25) is 0 Å². The van der Waals surface area contributed by atoms with Gasteiger partial charge in [-0.05, 0) is 44.4 Å². The molecule has 1 aliphatic carbocycles. The first-order chi connectivity index (χ1) is 8.86. The van der Waals surface area contributed by atoms with Crippen molar-refractivity contribution in [3.05, 3.63) is 38.0 Å². The van der Waals surface area contributed by atoms with Crippen LogP contribution in [0.2, 0.25) is 0 Å². The van der Waals surface area contributed by atoms with E-state index < -0.39 is 0 Å².